The van der Waals surface area contributed by atoms with Gasteiger partial charge in [0.05, 0.1) is 7.11 Å². The van der Waals surface area contributed by atoms with E-state index in [2.05, 4.69) is 29.7 Å². The molecule has 0 N–H and O–H groups in total. The molecule has 3 aromatic carbocycles. The quantitative estimate of drug-likeness (QED) is 0.333. The number of ether oxygens (including phenoxy) is 1. The summed E-state index contributed by atoms with van der Waals surface area (Å²) in [4.78, 5) is -0.634. The molecule has 36 heavy (non-hydrogen) atoms. The SMILES string of the molecule is COc1cccc(Cn2c(C)c(C3=CCN(S(=O)(=O)c4cc(F)ccc4F)CC3)c3ccccc32)c1. The van der Waals surface area contributed by atoms with Gasteiger partial charge in [-0.1, -0.05) is 36.4 Å². The minimum atomic E-state index is -4.16. The summed E-state index contributed by atoms with van der Waals surface area (Å²) in [6, 6.07) is 18.6. The van der Waals surface area contributed by atoms with E-state index in [1.54, 1.807) is 7.11 Å². The van der Waals surface area contributed by atoms with Crippen LogP contribution in [-0.4, -0.2) is 37.5 Å². The van der Waals surface area contributed by atoms with Crippen molar-refractivity contribution in [2.24, 2.45) is 0 Å². The van der Waals surface area contributed by atoms with Crippen molar-refractivity contribution in [1.29, 1.82) is 0 Å². The number of benzene rings is 3. The van der Waals surface area contributed by atoms with E-state index in [9.17, 15) is 17.2 Å². The first kappa shape index (κ1) is 24.2. The molecule has 1 aromatic heterocycles. The number of nitrogens with zero attached hydrogens (tertiary/aromatic N) is 2. The summed E-state index contributed by atoms with van der Waals surface area (Å²) in [6.45, 7) is 3.00. The molecule has 0 saturated heterocycles. The van der Waals surface area contributed by atoms with Gasteiger partial charge in [-0.15, -0.1) is 0 Å². The van der Waals surface area contributed by atoms with Gasteiger partial charge in [-0.2, -0.15) is 4.31 Å². The maximum Gasteiger partial charge on any atom is 0.246 e. The topological polar surface area (TPSA) is 51.5 Å². The largest absolute Gasteiger partial charge is 0.497 e. The van der Waals surface area contributed by atoms with E-state index in [0.29, 0.717) is 13.0 Å². The molecule has 0 amide bonds. The smallest absolute Gasteiger partial charge is 0.246 e. The second kappa shape index (κ2) is 9.52. The maximum absolute atomic E-state index is 14.2. The van der Waals surface area contributed by atoms with Gasteiger partial charge in [-0.05, 0) is 60.9 Å². The third-order valence-electron chi connectivity index (χ3n) is 6.71. The lowest BCUT2D eigenvalue weighted by molar-refractivity contribution is 0.414. The highest BCUT2D eigenvalue weighted by Gasteiger charge is 2.30. The Bertz CT molecular complexity index is 1590. The Labute approximate surface area is 209 Å². The van der Waals surface area contributed by atoms with Crippen LogP contribution in [0.25, 0.3) is 16.5 Å². The number of hydrogen-bond donors (Lipinski definition) is 0. The number of fused-ring (bicyclic) bond motifs is 1. The Balaban J connectivity index is 1.49. The number of rotatable bonds is 6. The van der Waals surface area contributed by atoms with Gasteiger partial charge in [0, 0.05) is 41.8 Å². The van der Waals surface area contributed by atoms with Crippen LogP contribution < -0.4 is 4.74 Å². The monoisotopic (exact) mass is 508 g/mol. The Morgan fingerprint density at radius 2 is 1.81 bits per heavy atom. The number of aromatic nitrogens is 1. The number of hydrogen-bond acceptors (Lipinski definition) is 3. The normalized spacial score (nSPS) is 14.7. The summed E-state index contributed by atoms with van der Waals surface area (Å²) in [5, 5.41) is 1.09. The zero-order valence-corrected chi connectivity index (χ0v) is 20.9. The van der Waals surface area contributed by atoms with Gasteiger partial charge >= 0.3 is 0 Å². The van der Waals surface area contributed by atoms with Crippen molar-refractivity contribution in [2.45, 2.75) is 24.8 Å². The van der Waals surface area contributed by atoms with Crippen molar-refractivity contribution in [3.8, 4) is 5.75 Å². The molecule has 186 valence electrons. The van der Waals surface area contributed by atoms with E-state index in [1.807, 2.05) is 36.4 Å². The van der Waals surface area contributed by atoms with Crippen LogP contribution in [-0.2, 0) is 16.6 Å². The van der Waals surface area contributed by atoms with Gasteiger partial charge in [0.25, 0.3) is 0 Å². The van der Waals surface area contributed by atoms with Crippen LogP contribution in [0.3, 0.4) is 0 Å². The Morgan fingerprint density at radius 3 is 2.56 bits per heavy atom. The average molecular weight is 509 g/mol. The van der Waals surface area contributed by atoms with E-state index >= 15 is 0 Å². The van der Waals surface area contributed by atoms with Crippen LogP contribution in [0.15, 0.2) is 77.7 Å². The summed E-state index contributed by atoms with van der Waals surface area (Å²) < 4.78 is 62.7. The van der Waals surface area contributed by atoms with Crippen molar-refractivity contribution in [3.05, 3.63) is 101 Å². The average Bonchev–Trinajstić information content (AvgIpc) is 3.16. The summed E-state index contributed by atoms with van der Waals surface area (Å²) in [5.74, 6) is -0.946. The molecule has 0 bridgehead atoms. The molecular weight excluding hydrogens is 482 g/mol. The summed E-state index contributed by atoms with van der Waals surface area (Å²) in [6.07, 6.45) is 2.34. The molecule has 5 rings (SSSR count). The molecule has 8 heteroatoms. The molecule has 1 aliphatic rings. The highest BCUT2D eigenvalue weighted by molar-refractivity contribution is 7.89. The molecule has 0 fully saturated rings. The lowest BCUT2D eigenvalue weighted by Crippen LogP contribution is -2.35. The lowest BCUT2D eigenvalue weighted by atomic mass is 9.97. The molecule has 0 spiro atoms. The van der Waals surface area contributed by atoms with Crippen molar-refractivity contribution in [3.63, 3.8) is 0 Å². The fraction of sp³-hybridized carbons (Fsp3) is 0.214. The van der Waals surface area contributed by atoms with Crippen LogP contribution in [0, 0.1) is 18.6 Å². The third-order valence-corrected chi connectivity index (χ3v) is 8.59. The minimum absolute atomic E-state index is 0.0858. The summed E-state index contributed by atoms with van der Waals surface area (Å²) >= 11 is 0. The molecule has 1 aliphatic heterocycles. The predicted octanol–water partition coefficient (Wildman–Crippen LogP) is 5.76. The Morgan fingerprint density at radius 1 is 1.00 bits per heavy atom. The molecule has 0 aliphatic carbocycles. The zero-order chi connectivity index (χ0) is 25.4. The minimum Gasteiger partial charge on any atom is -0.497 e. The lowest BCUT2D eigenvalue weighted by Gasteiger charge is -2.26. The molecular formula is C28H26F2N2O3S. The molecule has 2 heterocycles. The van der Waals surface area contributed by atoms with E-state index in [-0.39, 0.29) is 13.1 Å². The molecule has 0 atom stereocenters. The van der Waals surface area contributed by atoms with E-state index in [0.717, 1.165) is 57.2 Å². The van der Waals surface area contributed by atoms with Crippen molar-refractivity contribution >= 4 is 26.5 Å². The highest BCUT2D eigenvalue weighted by Crippen LogP contribution is 2.36. The van der Waals surface area contributed by atoms with Crippen LogP contribution in [0.2, 0.25) is 0 Å². The number of sulfonamides is 1. The molecule has 0 saturated carbocycles. The fourth-order valence-electron chi connectivity index (χ4n) is 4.90. The van der Waals surface area contributed by atoms with E-state index < -0.39 is 26.6 Å². The predicted molar refractivity (Wildman–Crippen MR) is 136 cm³/mol. The van der Waals surface area contributed by atoms with Crippen molar-refractivity contribution in [1.82, 2.24) is 8.87 Å². The number of methoxy groups -OCH3 is 1. The second-order valence-corrected chi connectivity index (χ2v) is 10.7. The van der Waals surface area contributed by atoms with Gasteiger partial charge in [-0.3, -0.25) is 0 Å². The van der Waals surface area contributed by atoms with Crippen LogP contribution >= 0.6 is 0 Å². The van der Waals surface area contributed by atoms with Gasteiger partial charge in [0.2, 0.25) is 10.0 Å². The zero-order valence-electron chi connectivity index (χ0n) is 20.0. The first-order valence-electron chi connectivity index (χ1n) is 11.6. The van der Waals surface area contributed by atoms with Gasteiger partial charge in [-0.25, -0.2) is 17.2 Å². The van der Waals surface area contributed by atoms with Crippen molar-refractivity contribution < 1.29 is 21.9 Å². The summed E-state index contributed by atoms with van der Waals surface area (Å²) in [7, 11) is -2.51. The van der Waals surface area contributed by atoms with Crippen LogP contribution in [0.4, 0.5) is 8.78 Å². The first-order valence-corrected chi connectivity index (χ1v) is 13.1. The molecule has 0 unspecified atom stereocenters. The highest BCUT2D eigenvalue weighted by atomic mass is 32.2. The Kier molecular flexibility index (Phi) is 6.40. The molecule has 5 nitrogen and oxygen atoms in total. The standard InChI is InChI=1S/C28H26F2N2O3S/c1-19-28(21-12-14-31(15-13-21)36(33,34)27-17-22(29)10-11-25(27)30)24-8-3-4-9-26(24)32(19)18-20-6-5-7-23(16-20)35-2/h3-12,16-17H,13-15,18H2,1-2H3. The van der Waals surface area contributed by atoms with Gasteiger partial charge in [0.15, 0.2) is 0 Å². The number of para-hydroxylation sites is 1. The maximum atomic E-state index is 14.2. The van der Waals surface area contributed by atoms with Gasteiger partial charge in [0.1, 0.15) is 22.3 Å². The fourth-order valence-corrected chi connectivity index (χ4v) is 6.36. The first-order chi connectivity index (χ1) is 17.3. The number of halogens is 2. The van der Waals surface area contributed by atoms with Crippen molar-refractivity contribution in [2.75, 3.05) is 20.2 Å². The van der Waals surface area contributed by atoms with Crippen LogP contribution in [0.5, 0.6) is 5.75 Å². The van der Waals surface area contributed by atoms with E-state index in [1.165, 1.54) is 4.31 Å². The molecule has 0 radical (unpaired) electrons. The van der Waals surface area contributed by atoms with Gasteiger partial charge < -0.3 is 9.30 Å². The summed E-state index contributed by atoms with van der Waals surface area (Å²) in [5.41, 5.74) is 5.40. The third kappa shape index (κ3) is 4.31. The Hall–Kier alpha value is -3.49. The van der Waals surface area contributed by atoms with E-state index in [4.69, 9.17) is 4.74 Å². The second-order valence-electron chi connectivity index (χ2n) is 8.83. The molecule has 4 aromatic rings. The van der Waals surface area contributed by atoms with Crippen LogP contribution in [0.1, 0.15) is 23.2 Å².